The van der Waals surface area contributed by atoms with E-state index in [9.17, 15) is 0 Å². The van der Waals surface area contributed by atoms with Crippen molar-refractivity contribution in [2.75, 3.05) is 37.6 Å². The summed E-state index contributed by atoms with van der Waals surface area (Å²) in [5.74, 6) is 0.880. The van der Waals surface area contributed by atoms with Gasteiger partial charge in [0.1, 0.15) is 0 Å². The number of aryl methyl sites for hydroxylation is 3. The molecule has 1 aliphatic heterocycles. The average Bonchev–Trinajstić information content (AvgIpc) is 3.40. The number of guanidine groups is 1. The molecule has 8 heteroatoms. The van der Waals surface area contributed by atoms with E-state index in [1.165, 1.54) is 29.4 Å². The second-order valence-corrected chi connectivity index (χ2v) is 8.09. The number of nitrogens with one attached hydrogen (secondary N) is 2. The van der Waals surface area contributed by atoms with Crippen LogP contribution in [0.15, 0.2) is 16.4 Å². The molecule has 0 radical (unpaired) electrons. The van der Waals surface area contributed by atoms with Crippen molar-refractivity contribution in [1.29, 1.82) is 0 Å². The molecule has 0 bridgehead atoms. The van der Waals surface area contributed by atoms with E-state index >= 15 is 0 Å². The maximum atomic E-state index is 4.79. The normalized spacial score (nSPS) is 14.7. The van der Waals surface area contributed by atoms with Crippen molar-refractivity contribution in [2.45, 2.75) is 53.0 Å². The first kappa shape index (κ1) is 20.6. The number of aromatic nitrogens is 3. The Morgan fingerprint density at radius 3 is 2.79 bits per heavy atom. The van der Waals surface area contributed by atoms with Gasteiger partial charge in [0.25, 0.3) is 0 Å². The summed E-state index contributed by atoms with van der Waals surface area (Å²) in [6, 6.07) is 2.11. The van der Waals surface area contributed by atoms with Crippen molar-refractivity contribution in [3.63, 3.8) is 0 Å². The molecule has 1 fully saturated rings. The molecule has 154 valence electrons. The molecule has 3 rings (SSSR count). The number of aliphatic imine (C=N–C) groups is 1. The van der Waals surface area contributed by atoms with Crippen LogP contribution in [-0.4, -0.2) is 53.4 Å². The highest BCUT2D eigenvalue weighted by Gasteiger charge is 2.15. The summed E-state index contributed by atoms with van der Waals surface area (Å²) in [4.78, 5) is 11.9. The van der Waals surface area contributed by atoms with E-state index < -0.39 is 0 Å². The Labute approximate surface area is 172 Å². The van der Waals surface area contributed by atoms with Crippen LogP contribution in [0.25, 0.3) is 0 Å². The average molecular weight is 404 g/mol. The van der Waals surface area contributed by atoms with E-state index in [2.05, 4.69) is 50.6 Å². The summed E-state index contributed by atoms with van der Waals surface area (Å²) in [5.41, 5.74) is 3.45. The number of hydrogen-bond donors (Lipinski definition) is 2. The lowest BCUT2D eigenvalue weighted by atomic mass is 10.3. The molecular formula is C20H33N7S. The minimum atomic E-state index is 0.781. The predicted octanol–water partition coefficient (Wildman–Crippen LogP) is 2.74. The standard InChI is InChI=1S/C20H33N7S/c1-4-21-19(22-9-7-13-27-17(3)14-16(2)25-27)23-10-8-18-15-28-20(24-18)26-11-5-6-12-26/h14-15H,4-13H2,1-3H3,(H2,21,22,23). The number of anilines is 1. The second-order valence-electron chi connectivity index (χ2n) is 7.26. The van der Waals surface area contributed by atoms with Gasteiger partial charge in [-0.1, -0.05) is 0 Å². The Balaban J connectivity index is 1.41. The van der Waals surface area contributed by atoms with E-state index in [4.69, 9.17) is 9.98 Å². The summed E-state index contributed by atoms with van der Waals surface area (Å²) in [7, 11) is 0. The topological polar surface area (TPSA) is 70.4 Å². The van der Waals surface area contributed by atoms with Gasteiger partial charge in [-0.15, -0.1) is 11.3 Å². The zero-order valence-electron chi connectivity index (χ0n) is 17.4. The van der Waals surface area contributed by atoms with Gasteiger partial charge in [-0.05, 0) is 46.1 Å². The van der Waals surface area contributed by atoms with Crippen LogP contribution >= 0.6 is 11.3 Å². The van der Waals surface area contributed by atoms with Gasteiger partial charge in [0.2, 0.25) is 0 Å². The number of rotatable bonds is 9. The summed E-state index contributed by atoms with van der Waals surface area (Å²) in [6.07, 6.45) is 4.47. The maximum absolute atomic E-state index is 4.79. The van der Waals surface area contributed by atoms with Gasteiger partial charge in [0.05, 0.1) is 11.4 Å². The molecule has 1 aliphatic rings. The summed E-state index contributed by atoms with van der Waals surface area (Å²) in [5, 5.41) is 14.6. The van der Waals surface area contributed by atoms with Gasteiger partial charge in [-0.25, -0.2) is 4.98 Å². The Kier molecular flexibility index (Phi) is 7.71. The molecule has 0 unspecified atom stereocenters. The molecular weight excluding hydrogens is 370 g/mol. The molecule has 1 saturated heterocycles. The first-order valence-electron chi connectivity index (χ1n) is 10.4. The summed E-state index contributed by atoms with van der Waals surface area (Å²) < 4.78 is 2.06. The van der Waals surface area contributed by atoms with Crippen LogP contribution in [0.5, 0.6) is 0 Å². The third-order valence-electron chi connectivity index (χ3n) is 4.84. The molecule has 3 heterocycles. The largest absolute Gasteiger partial charge is 0.357 e. The van der Waals surface area contributed by atoms with Crippen LogP contribution in [-0.2, 0) is 13.0 Å². The van der Waals surface area contributed by atoms with Crippen LogP contribution < -0.4 is 15.5 Å². The van der Waals surface area contributed by atoms with E-state index in [1.807, 2.05) is 6.92 Å². The molecule has 0 atom stereocenters. The zero-order valence-corrected chi connectivity index (χ0v) is 18.2. The smallest absolute Gasteiger partial charge is 0.191 e. The van der Waals surface area contributed by atoms with Crippen LogP contribution in [0.4, 0.5) is 5.13 Å². The highest BCUT2D eigenvalue weighted by Crippen LogP contribution is 2.24. The number of nitrogens with zero attached hydrogens (tertiary/aromatic N) is 5. The van der Waals surface area contributed by atoms with Crippen LogP contribution in [0.3, 0.4) is 0 Å². The second kappa shape index (κ2) is 10.5. The lowest BCUT2D eigenvalue weighted by Gasteiger charge is -2.12. The van der Waals surface area contributed by atoms with E-state index in [0.29, 0.717) is 0 Å². The SMILES string of the molecule is CCNC(=NCCCn1nc(C)cc1C)NCCc1csc(N2CCCC2)n1. The Morgan fingerprint density at radius 2 is 2.07 bits per heavy atom. The molecule has 28 heavy (non-hydrogen) atoms. The van der Waals surface area contributed by atoms with E-state index in [0.717, 1.165) is 63.8 Å². The third kappa shape index (κ3) is 5.95. The van der Waals surface area contributed by atoms with E-state index in [1.54, 1.807) is 11.3 Å². The lowest BCUT2D eigenvalue weighted by molar-refractivity contribution is 0.567. The minimum Gasteiger partial charge on any atom is -0.357 e. The van der Waals surface area contributed by atoms with Gasteiger partial charge >= 0.3 is 0 Å². The number of hydrogen-bond acceptors (Lipinski definition) is 5. The molecule has 7 nitrogen and oxygen atoms in total. The van der Waals surface area contributed by atoms with Crippen LogP contribution in [0, 0.1) is 13.8 Å². The molecule has 2 aromatic heterocycles. The third-order valence-corrected chi connectivity index (χ3v) is 5.79. The first-order chi connectivity index (χ1) is 13.7. The molecule has 0 saturated carbocycles. The van der Waals surface area contributed by atoms with Crippen molar-refractivity contribution < 1.29 is 0 Å². The van der Waals surface area contributed by atoms with Gasteiger partial charge in [-0.2, -0.15) is 5.10 Å². The van der Waals surface area contributed by atoms with Crippen molar-refractivity contribution >= 4 is 22.4 Å². The van der Waals surface area contributed by atoms with Crippen molar-refractivity contribution in [2.24, 2.45) is 4.99 Å². The first-order valence-corrected chi connectivity index (χ1v) is 11.3. The Bertz CT molecular complexity index is 758. The fraction of sp³-hybridized carbons (Fsp3) is 0.650. The highest BCUT2D eigenvalue weighted by atomic mass is 32.1. The van der Waals surface area contributed by atoms with Crippen molar-refractivity contribution in [1.82, 2.24) is 25.4 Å². The fourth-order valence-electron chi connectivity index (χ4n) is 3.43. The van der Waals surface area contributed by atoms with Gasteiger partial charge in [0.15, 0.2) is 11.1 Å². The molecule has 0 amide bonds. The van der Waals surface area contributed by atoms with Crippen molar-refractivity contribution in [3.05, 3.63) is 28.5 Å². The fourth-order valence-corrected chi connectivity index (χ4v) is 4.34. The lowest BCUT2D eigenvalue weighted by Crippen LogP contribution is -2.38. The minimum absolute atomic E-state index is 0.781. The predicted molar refractivity (Wildman–Crippen MR) is 118 cm³/mol. The highest BCUT2D eigenvalue weighted by molar-refractivity contribution is 7.13. The van der Waals surface area contributed by atoms with E-state index in [-0.39, 0.29) is 0 Å². The molecule has 0 aliphatic carbocycles. The Hall–Kier alpha value is -2.09. The maximum Gasteiger partial charge on any atom is 0.191 e. The molecule has 2 N–H and O–H groups in total. The van der Waals surface area contributed by atoms with Crippen molar-refractivity contribution in [3.8, 4) is 0 Å². The summed E-state index contributed by atoms with van der Waals surface area (Å²) in [6.45, 7) is 11.9. The number of thiazole rings is 1. The van der Waals surface area contributed by atoms with Gasteiger partial charge < -0.3 is 15.5 Å². The van der Waals surface area contributed by atoms with Gasteiger partial charge in [-0.3, -0.25) is 9.67 Å². The van der Waals surface area contributed by atoms with Gasteiger partial charge in [0, 0.05) is 56.8 Å². The molecule has 0 aromatic carbocycles. The zero-order chi connectivity index (χ0) is 19.8. The molecule has 2 aromatic rings. The quantitative estimate of drug-likeness (QED) is 0.383. The monoisotopic (exact) mass is 403 g/mol. The summed E-state index contributed by atoms with van der Waals surface area (Å²) >= 11 is 1.77. The van der Waals surface area contributed by atoms with Crippen LogP contribution in [0.2, 0.25) is 0 Å². The Morgan fingerprint density at radius 1 is 1.25 bits per heavy atom. The van der Waals surface area contributed by atoms with Crippen LogP contribution in [0.1, 0.15) is 43.3 Å². The molecule has 0 spiro atoms.